The second kappa shape index (κ2) is 6.58. The summed E-state index contributed by atoms with van der Waals surface area (Å²) >= 11 is 6.10. The van der Waals surface area contributed by atoms with Crippen LogP contribution in [-0.2, 0) is 4.79 Å². The SMILES string of the molecule is O=C(NC1CCCCCC1C(=O)O)c1c(Cl)nc2ccccn12. The molecule has 0 bridgehead atoms. The monoisotopic (exact) mass is 335 g/mol. The predicted octanol–water partition coefficient (Wildman–Crippen LogP) is 2.75. The summed E-state index contributed by atoms with van der Waals surface area (Å²) in [5.74, 6) is -1.80. The number of pyridine rings is 1. The van der Waals surface area contributed by atoms with Crippen LogP contribution in [0.15, 0.2) is 24.4 Å². The Labute approximate surface area is 138 Å². The largest absolute Gasteiger partial charge is 0.481 e. The fraction of sp³-hybridized carbons (Fsp3) is 0.438. The average Bonchev–Trinajstić information content (AvgIpc) is 2.68. The van der Waals surface area contributed by atoms with Gasteiger partial charge in [-0.05, 0) is 25.0 Å². The fourth-order valence-electron chi connectivity index (χ4n) is 3.18. The number of hydrogen-bond donors (Lipinski definition) is 2. The molecule has 2 aromatic rings. The molecule has 2 N–H and O–H groups in total. The highest BCUT2D eigenvalue weighted by Crippen LogP contribution is 2.25. The van der Waals surface area contributed by atoms with E-state index >= 15 is 0 Å². The maximum atomic E-state index is 12.6. The van der Waals surface area contributed by atoms with E-state index in [9.17, 15) is 14.7 Å². The van der Waals surface area contributed by atoms with Crippen LogP contribution in [0.25, 0.3) is 5.65 Å². The first-order chi connectivity index (χ1) is 11.1. The van der Waals surface area contributed by atoms with Crippen molar-refractivity contribution in [2.45, 2.75) is 38.1 Å². The molecular formula is C16H18ClN3O3. The van der Waals surface area contributed by atoms with Crippen LogP contribution < -0.4 is 5.32 Å². The minimum atomic E-state index is -0.860. The Morgan fingerprint density at radius 3 is 2.83 bits per heavy atom. The Kier molecular flexibility index (Phi) is 4.52. The van der Waals surface area contributed by atoms with Gasteiger partial charge in [0, 0.05) is 12.2 Å². The molecule has 122 valence electrons. The van der Waals surface area contributed by atoms with E-state index in [0.717, 1.165) is 19.3 Å². The van der Waals surface area contributed by atoms with Crippen LogP contribution in [0.2, 0.25) is 5.15 Å². The molecule has 2 aromatic heterocycles. The highest BCUT2D eigenvalue weighted by Gasteiger charge is 2.32. The molecule has 7 heteroatoms. The van der Waals surface area contributed by atoms with Gasteiger partial charge in [-0.3, -0.25) is 14.0 Å². The molecule has 1 aliphatic carbocycles. The Hall–Kier alpha value is -2.08. The third-order valence-electron chi connectivity index (χ3n) is 4.35. The Balaban J connectivity index is 1.87. The normalized spacial score (nSPS) is 21.8. The van der Waals surface area contributed by atoms with Gasteiger partial charge < -0.3 is 10.4 Å². The molecule has 3 rings (SSSR count). The lowest BCUT2D eigenvalue weighted by molar-refractivity contribution is -0.142. The van der Waals surface area contributed by atoms with Crippen LogP contribution >= 0.6 is 11.6 Å². The molecule has 6 nitrogen and oxygen atoms in total. The zero-order valence-electron chi connectivity index (χ0n) is 12.5. The molecule has 2 unspecified atom stereocenters. The number of halogens is 1. The maximum Gasteiger partial charge on any atom is 0.308 e. The summed E-state index contributed by atoms with van der Waals surface area (Å²) < 4.78 is 1.62. The summed E-state index contributed by atoms with van der Waals surface area (Å²) in [5, 5.41) is 12.4. The summed E-state index contributed by atoms with van der Waals surface area (Å²) in [4.78, 5) is 28.3. The van der Waals surface area contributed by atoms with E-state index in [1.165, 1.54) is 0 Å². The first kappa shape index (κ1) is 15.8. The quantitative estimate of drug-likeness (QED) is 0.845. The van der Waals surface area contributed by atoms with Crippen LogP contribution in [0.3, 0.4) is 0 Å². The van der Waals surface area contributed by atoms with E-state index < -0.39 is 11.9 Å². The van der Waals surface area contributed by atoms with Crippen LogP contribution in [0.4, 0.5) is 0 Å². The van der Waals surface area contributed by atoms with E-state index in [1.807, 2.05) is 6.07 Å². The summed E-state index contributed by atoms with van der Waals surface area (Å²) in [5.41, 5.74) is 0.828. The van der Waals surface area contributed by atoms with Gasteiger partial charge in [0.2, 0.25) is 0 Å². The summed E-state index contributed by atoms with van der Waals surface area (Å²) in [6.45, 7) is 0. The molecule has 2 heterocycles. The maximum absolute atomic E-state index is 12.6. The van der Waals surface area contributed by atoms with E-state index in [-0.39, 0.29) is 22.8 Å². The number of fused-ring (bicyclic) bond motifs is 1. The summed E-state index contributed by atoms with van der Waals surface area (Å²) in [7, 11) is 0. The topological polar surface area (TPSA) is 83.7 Å². The number of rotatable bonds is 3. The predicted molar refractivity (Wildman–Crippen MR) is 85.7 cm³/mol. The molecule has 0 aliphatic heterocycles. The second-order valence-electron chi connectivity index (χ2n) is 5.84. The van der Waals surface area contributed by atoms with Crippen molar-refractivity contribution in [1.29, 1.82) is 0 Å². The molecule has 1 amide bonds. The number of nitrogens with one attached hydrogen (secondary N) is 1. The average molecular weight is 336 g/mol. The standard InChI is InChI=1S/C16H18ClN3O3/c17-14-13(20-9-5-4-8-12(20)19-14)15(21)18-11-7-3-1-2-6-10(11)16(22)23/h4-5,8-11H,1-3,6-7H2,(H,18,21)(H,22,23). The van der Waals surface area contributed by atoms with Crippen molar-refractivity contribution < 1.29 is 14.7 Å². The Morgan fingerprint density at radius 1 is 1.26 bits per heavy atom. The Bertz CT molecular complexity index is 743. The van der Waals surface area contributed by atoms with Crippen molar-refractivity contribution in [2.24, 2.45) is 5.92 Å². The van der Waals surface area contributed by atoms with Gasteiger partial charge in [-0.15, -0.1) is 0 Å². The van der Waals surface area contributed by atoms with Gasteiger partial charge in [0.25, 0.3) is 5.91 Å². The van der Waals surface area contributed by atoms with Gasteiger partial charge in [-0.1, -0.05) is 36.9 Å². The first-order valence-corrected chi connectivity index (χ1v) is 8.12. The van der Waals surface area contributed by atoms with Crippen molar-refractivity contribution in [1.82, 2.24) is 14.7 Å². The number of carboxylic acid groups (broad SMARTS) is 1. The molecule has 1 fully saturated rings. The van der Waals surface area contributed by atoms with E-state index in [0.29, 0.717) is 18.5 Å². The minimum absolute atomic E-state index is 0.120. The van der Waals surface area contributed by atoms with Crippen molar-refractivity contribution in [2.75, 3.05) is 0 Å². The molecule has 0 radical (unpaired) electrons. The number of amides is 1. The first-order valence-electron chi connectivity index (χ1n) is 7.74. The highest BCUT2D eigenvalue weighted by atomic mass is 35.5. The van der Waals surface area contributed by atoms with E-state index in [1.54, 1.807) is 22.7 Å². The number of imidazole rings is 1. The number of aromatic nitrogens is 2. The van der Waals surface area contributed by atoms with E-state index in [2.05, 4.69) is 10.3 Å². The number of hydrogen-bond acceptors (Lipinski definition) is 3. The molecule has 2 atom stereocenters. The number of carboxylic acids is 1. The molecule has 0 saturated heterocycles. The minimum Gasteiger partial charge on any atom is -0.481 e. The van der Waals surface area contributed by atoms with Crippen LogP contribution in [0.1, 0.15) is 42.6 Å². The van der Waals surface area contributed by atoms with Gasteiger partial charge in [0.1, 0.15) is 5.65 Å². The number of carbonyl (C=O) groups is 2. The van der Waals surface area contributed by atoms with Crippen molar-refractivity contribution in [3.05, 3.63) is 35.2 Å². The van der Waals surface area contributed by atoms with Gasteiger partial charge in [-0.2, -0.15) is 0 Å². The molecule has 0 aromatic carbocycles. The zero-order chi connectivity index (χ0) is 16.4. The lowest BCUT2D eigenvalue weighted by Gasteiger charge is -2.22. The van der Waals surface area contributed by atoms with Gasteiger partial charge in [0.15, 0.2) is 10.8 Å². The van der Waals surface area contributed by atoms with Gasteiger partial charge in [-0.25, -0.2) is 4.98 Å². The summed E-state index contributed by atoms with van der Waals surface area (Å²) in [6, 6.07) is 4.97. The lowest BCUT2D eigenvalue weighted by Crippen LogP contribution is -2.43. The van der Waals surface area contributed by atoms with Gasteiger partial charge in [0.05, 0.1) is 5.92 Å². The molecule has 1 aliphatic rings. The molecular weight excluding hydrogens is 318 g/mol. The number of aliphatic carboxylic acids is 1. The van der Waals surface area contributed by atoms with E-state index in [4.69, 9.17) is 11.6 Å². The van der Waals surface area contributed by atoms with Gasteiger partial charge >= 0.3 is 5.97 Å². The van der Waals surface area contributed by atoms with Crippen LogP contribution in [0.5, 0.6) is 0 Å². The molecule has 0 spiro atoms. The lowest BCUT2D eigenvalue weighted by atomic mass is 9.95. The Morgan fingerprint density at radius 2 is 2.04 bits per heavy atom. The molecule has 23 heavy (non-hydrogen) atoms. The fourth-order valence-corrected chi connectivity index (χ4v) is 3.45. The van der Waals surface area contributed by atoms with Crippen molar-refractivity contribution in [3.8, 4) is 0 Å². The second-order valence-corrected chi connectivity index (χ2v) is 6.20. The molecule has 1 saturated carbocycles. The highest BCUT2D eigenvalue weighted by molar-refractivity contribution is 6.32. The summed E-state index contributed by atoms with van der Waals surface area (Å²) in [6.07, 6.45) is 5.74. The smallest absolute Gasteiger partial charge is 0.308 e. The zero-order valence-corrected chi connectivity index (χ0v) is 13.3. The number of carbonyl (C=O) groups excluding carboxylic acids is 1. The van der Waals surface area contributed by atoms with Crippen molar-refractivity contribution in [3.63, 3.8) is 0 Å². The third kappa shape index (κ3) is 3.17. The number of nitrogens with zero attached hydrogens (tertiary/aromatic N) is 2. The van der Waals surface area contributed by atoms with Crippen LogP contribution in [0, 0.1) is 5.92 Å². The van der Waals surface area contributed by atoms with Crippen molar-refractivity contribution >= 4 is 29.1 Å². The third-order valence-corrected chi connectivity index (χ3v) is 4.62. The van der Waals surface area contributed by atoms with Crippen LogP contribution in [-0.4, -0.2) is 32.4 Å².